The normalized spacial score (nSPS) is 27.6. The molecule has 64 valence electrons. The first-order chi connectivity index (χ1) is 4.33. The molecule has 0 aliphatic carbocycles. The van der Waals surface area contributed by atoms with E-state index in [0.717, 1.165) is 11.7 Å². The van der Waals surface area contributed by atoms with Crippen molar-refractivity contribution in [2.75, 3.05) is 25.9 Å². The monoisotopic (exact) mass is 250 g/mol. The zero-order chi connectivity index (χ0) is 6.69. The molecule has 0 spiro atoms. The molecule has 0 aromatic carbocycles. The van der Waals surface area contributed by atoms with E-state index in [1.54, 1.807) is 0 Å². The van der Waals surface area contributed by atoms with Gasteiger partial charge in [0.25, 0.3) is 0 Å². The maximum Gasteiger partial charge on any atom is 0 e. The van der Waals surface area contributed by atoms with Gasteiger partial charge in [-0.3, -0.25) is 0 Å². The number of rotatable bonds is 1. The second-order valence-corrected chi connectivity index (χ2v) is 3.27. The first-order valence-corrected chi connectivity index (χ1v) is 4.17. The van der Waals surface area contributed by atoms with E-state index < -0.39 is 0 Å². The van der Waals surface area contributed by atoms with Gasteiger partial charge in [-0.05, 0) is 33.0 Å². The van der Waals surface area contributed by atoms with Gasteiger partial charge in [-0.15, -0.1) is 0 Å². The second-order valence-electron chi connectivity index (χ2n) is 2.94. The molecule has 1 fully saturated rings. The predicted octanol–water partition coefficient (Wildman–Crippen LogP) is 0.873. The van der Waals surface area contributed by atoms with E-state index in [-0.39, 0.29) is 20.4 Å². The van der Waals surface area contributed by atoms with Crippen molar-refractivity contribution in [3.63, 3.8) is 0 Å². The zero-order valence-electron chi connectivity index (χ0n) is 6.28. The van der Waals surface area contributed by atoms with Gasteiger partial charge >= 0.3 is 0 Å². The third kappa shape index (κ3) is 3.39. The second kappa shape index (κ2) is 5.60. The van der Waals surface area contributed by atoms with Crippen molar-refractivity contribution in [3.05, 3.63) is 0 Å². The molecule has 1 saturated heterocycles. The molecule has 1 heterocycles. The van der Waals surface area contributed by atoms with Crippen molar-refractivity contribution in [2.45, 2.75) is 12.8 Å². The quantitative estimate of drug-likeness (QED) is 0.502. The molecule has 0 aromatic rings. The molecule has 10 heavy (non-hydrogen) atoms. The summed E-state index contributed by atoms with van der Waals surface area (Å²) in [4.78, 5) is 2.38. The van der Waals surface area contributed by atoms with Crippen LogP contribution >= 0.6 is 0 Å². The summed E-state index contributed by atoms with van der Waals surface area (Å²) in [5.74, 6) is 1.75. The smallest absolute Gasteiger partial charge is 0 e. The van der Waals surface area contributed by atoms with Gasteiger partial charge in [-0.1, -0.05) is 5.92 Å². The van der Waals surface area contributed by atoms with Crippen molar-refractivity contribution >= 4 is 12.6 Å². The Bertz CT molecular complexity index is 89.7. The summed E-state index contributed by atoms with van der Waals surface area (Å²) in [6.07, 6.45) is 2.70. The Morgan fingerprint density at radius 2 is 2.30 bits per heavy atom. The molecule has 0 radical (unpaired) electrons. The molecule has 1 rings (SSSR count). The first kappa shape index (κ1) is 11.0. The van der Waals surface area contributed by atoms with Gasteiger partial charge in [0.2, 0.25) is 0 Å². The van der Waals surface area contributed by atoms with Crippen LogP contribution in [-0.4, -0.2) is 30.8 Å². The van der Waals surface area contributed by atoms with Crippen LogP contribution < -0.4 is 0 Å². The maximum absolute atomic E-state index is 5.00. The van der Waals surface area contributed by atoms with Crippen LogP contribution in [0.25, 0.3) is 0 Å². The minimum absolute atomic E-state index is 0. The summed E-state index contributed by atoms with van der Waals surface area (Å²) in [5, 5.41) is 0. The van der Waals surface area contributed by atoms with E-state index in [1.165, 1.54) is 25.9 Å². The fourth-order valence-electron chi connectivity index (χ4n) is 1.41. The van der Waals surface area contributed by atoms with E-state index in [0.29, 0.717) is 0 Å². The minimum atomic E-state index is 0. The van der Waals surface area contributed by atoms with E-state index >= 15 is 0 Å². The molecule has 1 unspecified atom stereocenters. The Labute approximate surface area is 82.6 Å². The van der Waals surface area contributed by atoms with Gasteiger partial charge < -0.3 is 17.5 Å². The Balaban J connectivity index is 0.000000810. The molecule has 0 amide bonds. The molecule has 1 aliphatic rings. The Morgan fingerprint density at radius 3 is 2.70 bits per heavy atom. The Morgan fingerprint density at radius 1 is 1.60 bits per heavy atom. The van der Waals surface area contributed by atoms with Crippen LogP contribution in [0.5, 0.6) is 0 Å². The summed E-state index contributed by atoms with van der Waals surface area (Å²) < 4.78 is 0. The largest absolute Gasteiger partial charge is 0.792 e. The molecule has 1 nitrogen and oxygen atoms in total. The van der Waals surface area contributed by atoms with Gasteiger partial charge in [0.15, 0.2) is 0 Å². The third-order valence-electron chi connectivity index (χ3n) is 1.96. The molecule has 0 bridgehead atoms. The molecule has 1 atom stereocenters. The summed E-state index contributed by atoms with van der Waals surface area (Å²) in [6, 6.07) is 0. The first-order valence-electron chi connectivity index (χ1n) is 3.59. The average Bonchev–Trinajstić information content (AvgIpc) is 1.88. The SMILES string of the molecule is CN1CCCC(C[S-])C1.[Pd]. The van der Waals surface area contributed by atoms with Crippen molar-refractivity contribution in [1.29, 1.82) is 0 Å². The topological polar surface area (TPSA) is 3.24 Å². The van der Waals surface area contributed by atoms with E-state index in [1.807, 2.05) is 0 Å². The number of likely N-dealkylation sites (tertiary alicyclic amines) is 1. The van der Waals surface area contributed by atoms with Crippen LogP contribution in [0.2, 0.25) is 0 Å². The fraction of sp³-hybridized carbons (Fsp3) is 1.00. The van der Waals surface area contributed by atoms with Crippen molar-refractivity contribution < 1.29 is 20.4 Å². The molecule has 0 N–H and O–H groups in total. The molecule has 3 heteroatoms. The van der Waals surface area contributed by atoms with Gasteiger partial charge in [0, 0.05) is 20.4 Å². The van der Waals surface area contributed by atoms with E-state index in [9.17, 15) is 0 Å². The number of piperidine rings is 1. The van der Waals surface area contributed by atoms with Crippen molar-refractivity contribution in [1.82, 2.24) is 4.90 Å². The van der Waals surface area contributed by atoms with Gasteiger partial charge in [0.05, 0.1) is 0 Å². The van der Waals surface area contributed by atoms with Crippen LogP contribution in [-0.2, 0) is 33.1 Å². The van der Waals surface area contributed by atoms with Gasteiger partial charge in [0.1, 0.15) is 0 Å². The molecular formula is C7H14NPdS-. The molecular weight excluding hydrogens is 237 g/mol. The van der Waals surface area contributed by atoms with Crippen LogP contribution in [0, 0.1) is 5.92 Å². The van der Waals surface area contributed by atoms with E-state index in [4.69, 9.17) is 12.6 Å². The summed E-state index contributed by atoms with van der Waals surface area (Å²) in [7, 11) is 2.18. The number of hydrogen-bond acceptors (Lipinski definition) is 2. The Hall–Kier alpha value is 0.972. The van der Waals surface area contributed by atoms with Gasteiger partial charge in [-0.25, -0.2) is 0 Å². The molecule has 0 aromatic heterocycles. The third-order valence-corrected chi connectivity index (χ3v) is 2.43. The summed E-state index contributed by atoms with van der Waals surface area (Å²) >= 11 is 5.00. The van der Waals surface area contributed by atoms with Crippen molar-refractivity contribution in [3.8, 4) is 0 Å². The van der Waals surface area contributed by atoms with Crippen molar-refractivity contribution in [2.24, 2.45) is 5.92 Å². The number of nitrogens with zero attached hydrogens (tertiary/aromatic N) is 1. The zero-order valence-corrected chi connectivity index (χ0v) is 8.66. The van der Waals surface area contributed by atoms with Crippen LogP contribution in [0.15, 0.2) is 0 Å². The molecule has 1 aliphatic heterocycles. The van der Waals surface area contributed by atoms with E-state index in [2.05, 4.69) is 11.9 Å². The standard InChI is InChI=1S/C7H15NS.Pd/c1-8-4-2-3-7(5-8)6-9;/h7,9H,2-6H2,1H3;/p-1. The van der Waals surface area contributed by atoms with Gasteiger partial charge in [-0.2, -0.15) is 5.75 Å². The Kier molecular flexibility index (Phi) is 6.15. The predicted molar refractivity (Wildman–Crippen MR) is 42.5 cm³/mol. The van der Waals surface area contributed by atoms with Crippen LogP contribution in [0.3, 0.4) is 0 Å². The molecule has 0 saturated carbocycles. The summed E-state index contributed by atoms with van der Waals surface area (Å²) in [6.45, 7) is 2.50. The van der Waals surface area contributed by atoms with Crippen LogP contribution in [0.4, 0.5) is 0 Å². The maximum atomic E-state index is 5.00. The summed E-state index contributed by atoms with van der Waals surface area (Å²) in [5.41, 5.74) is 0. The fourth-order valence-corrected chi connectivity index (χ4v) is 1.68. The number of hydrogen-bond donors (Lipinski definition) is 0. The van der Waals surface area contributed by atoms with Crippen LogP contribution in [0.1, 0.15) is 12.8 Å². The minimum Gasteiger partial charge on any atom is -0.792 e. The average molecular weight is 251 g/mol.